The molecule has 1 aromatic rings. The highest BCUT2D eigenvalue weighted by molar-refractivity contribution is 5.81. The lowest BCUT2D eigenvalue weighted by Crippen LogP contribution is -2.43. The van der Waals surface area contributed by atoms with Gasteiger partial charge in [0.15, 0.2) is 6.61 Å². The van der Waals surface area contributed by atoms with Gasteiger partial charge in [0.05, 0.1) is 6.42 Å². The Morgan fingerprint density at radius 2 is 1.95 bits per heavy atom. The molecule has 4 nitrogen and oxygen atoms in total. The highest BCUT2D eigenvalue weighted by Crippen LogP contribution is 2.23. The monoisotopic (exact) mass is 303 g/mol. The molecule has 0 aromatic heterocycles. The lowest BCUT2D eigenvalue weighted by atomic mass is 9.86. The fraction of sp³-hybridized carbons (Fsp3) is 0.556. The quantitative estimate of drug-likeness (QED) is 0.851. The molecule has 1 aliphatic carbocycles. The van der Waals surface area contributed by atoms with Crippen LogP contribution in [0, 0.1) is 12.8 Å². The average Bonchev–Trinajstić information content (AvgIpc) is 2.50. The topological polar surface area (TPSA) is 55.4 Å². The van der Waals surface area contributed by atoms with E-state index in [1.807, 2.05) is 31.2 Å². The second-order valence-electron chi connectivity index (χ2n) is 6.20. The first-order valence-electron chi connectivity index (χ1n) is 8.05. The van der Waals surface area contributed by atoms with Crippen LogP contribution >= 0.6 is 0 Å². The van der Waals surface area contributed by atoms with Crippen LogP contribution in [0.3, 0.4) is 0 Å². The van der Waals surface area contributed by atoms with Crippen LogP contribution < -0.4 is 5.32 Å². The van der Waals surface area contributed by atoms with Crippen LogP contribution in [0.25, 0.3) is 0 Å². The molecular weight excluding hydrogens is 278 g/mol. The van der Waals surface area contributed by atoms with Crippen LogP contribution in [0.4, 0.5) is 0 Å². The van der Waals surface area contributed by atoms with Crippen molar-refractivity contribution in [2.24, 2.45) is 5.92 Å². The van der Waals surface area contributed by atoms with Gasteiger partial charge >= 0.3 is 5.97 Å². The van der Waals surface area contributed by atoms with Crippen LogP contribution in [-0.2, 0) is 20.7 Å². The smallest absolute Gasteiger partial charge is 0.310 e. The number of hydrogen-bond acceptors (Lipinski definition) is 3. The lowest BCUT2D eigenvalue weighted by Gasteiger charge is -2.29. The number of ether oxygens (including phenoxy) is 1. The molecule has 0 saturated heterocycles. The van der Waals surface area contributed by atoms with Crippen molar-refractivity contribution in [3.05, 3.63) is 35.4 Å². The van der Waals surface area contributed by atoms with E-state index in [0.29, 0.717) is 5.92 Å². The molecule has 1 N–H and O–H groups in total. The number of benzene rings is 1. The van der Waals surface area contributed by atoms with Gasteiger partial charge in [0.1, 0.15) is 0 Å². The highest BCUT2D eigenvalue weighted by Gasteiger charge is 2.23. The van der Waals surface area contributed by atoms with Crippen molar-refractivity contribution < 1.29 is 14.3 Å². The van der Waals surface area contributed by atoms with E-state index in [0.717, 1.165) is 30.4 Å². The number of carbonyl (C=O) groups excluding carboxylic acids is 2. The first kappa shape index (κ1) is 16.5. The molecule has 0 bridgehead atoms. The van der Waals surface area contributed by atoms with Crippen molar-refractivity contribution in [3.63, 3.8) is 0 Å². The van der Waals surface area contributed by atoms with Gasteiger partial charge in [0, 0.05) is 6.04 Å². The van der Waals surface area contributed by atoms with Crippen LogP contribution in [0.1, 0.15) is 43.7 Å². The summed E-state index contributed by atoms with van der Waals surface area (Å²) in [5.41, 5.74) is 1.99. The summed E-state index contributed by atoms with van der Waals surface area (Å²) >= 11 is 0. The Hall–Kier alpha value is -1.84. The standard InChI is InChI=1S/C18H25NO3/c1-13-7-3-5-9-15(13)11-18(21)22-12-17(20)19-16-10-6-4-8-14(16)2/h3,5,7,9,14,16H,4,6,8,10-12H2,1-2H3,(H,19,20)/t14-,16+/m1/s1. The lowest BCUT2D eigenvalue weighted by molar-refractivity contribution is -0.148. The van der Waals surface area contributed by atoms with Crippen LogP contribution in [0.2, 0.25) is 0 Å². The third-order valence-corrected chi connectivity index (χ3v) is 4.42. The molecule has 0 heterocycles. The Labute approximate surface area is 132 Å². The fourth-order valence-corrected chi connectivity index (χ4v) is 2.94. The Morgan fingerprint density at radius 3 is 2.68 bits per heavy atom. The number of carbonyl (C=O) groups is 2. The largest absolute Gasteiger partial charge is 0.455 e. The normalized spacial score (nSPS) is 21.2. The summed E-state index contributed by atoms with van der Waals surface area (Å²) in [4.78, 5) is 23.7. The summed E-state index contributed by atoms with van der Waals surface area (Å²) in [7, 11) is 0. The van der Waals surface area contributed by atoms with Crippen molar-refractivity contribution in [3.8, 4) is 0 Å². The molecule has 2 rings (SSSR count). The molecule has 0 unspecified atom stereocenters. The van der Waals surface area contributed by atoms with Gasteiger partial charge in [0.25, 0.3) is 5.91 Å². The molecule has 0 spiro atoms. The fourth-order valence-electron chi connectivity index (χ4n) is 2.94. The third kappa shape index (κ3) is 4.86. The second kappa shape index (κ2) is 7.97. The number of hydrogen-bond donors (Lipinski definition) is 1. The predicted octanol–water partition coefficient (Wildman–Crippen LogP) is 2.78. The zero-order chi connectivity index (χ0) is 15.9. The number of rotatable bonds is 5. The van der Waals surface area contributed by atoms with Crippen LogP contribution in [0.15, 0.2) is 24.3 Å². The number of esters is 1. The first-order chi connectivity index (χ1) is 10.6. The van der Waals surface area contributed by atoms with E-state index in [9.17, 15) is 9.59 Å². The Kier molecular flexibility index (Phi) is 5.99. The van der Waals surface area contributed by atoms with E-state index in [1.165, 1.54) is 6.42 Å². The van der Waals surface area contributed by atoms with Crippen LogP contribution in [0.5, 0.6) is 0 Å². The minimum Gasteiger partial charge on any atom is -0.455 e. The maximum Gasteiger partial charge on any atom is 0.310 e. The number of amides is 1. The maximum absolute atomic E-state index is 11.9. The third-order valence-electron chi connectivity index (χ3n) is 4.42. The van der Waals surface area contributed by atoms with Crippen molar-refractivity contribution >= 4 is 11.9 Å². The Morgan fingerprint density at radius 1 is 1.23 bits per heavy atom. The summed E-state index contributed by atoms with van der Waals surface area (Å²) in [5.74, 6) is -0.0570. The molecule has 1 amide bonds. The molecule has 4 heteroatoms. The summed E-state index contributed by atoms with van der Waals surface area (Å²) in [6.07, 6.45) is 4.77. The average molecular weight is 303 g/mol. The molecule has 1 aliphatic rings. The molecule has 22 heavy (non-hydrogen) atoms. The van der Waals surface area contributed by atoms with Crippen molar-refractivity contribution in [2.45, 2.75) is 52.0 Å². The van der Waals surface area contributed by atoms with E-state index in [1.54, 1.807) is 0 Å². The van der Waals surface area contributed by atoms with E-state index in [4.69, 9.17) is 4.74 Å². The summed E-state index contributed by atoms with van der Waals surface area (Å²) < 4.78 is 5.09. The van der Waals surface area contributed by atoms with Gasteiger partial charge in [-0.2, -0.15) is 0 Å². The predicted molar refractivity (Wildman–Crippen MR) is 85.4 cm³/mol. The Bertz CT molecular complexity index is 527. The Balaban J connectivity index is 1.74. The molecule has 0 radical (unpaired) electrons. The van der Waals surface area contributed by atoms with Gasteiger partial charge in [-0.05, 0) is 36.8 Å². The highest BCUT2D eigenvalue weighted by atomic mass is 16.5. The zero-order valence-corrected chi connectivity index (χ0v) is 13.4. The molecule has 1 aromatic carbocycles. The number of nitrogens with one attached hydrogen (secondary N) is 1. The van der Waals surface area contributed by atoms with Crippen molar-refractivity contribution in [1.29, 1.82) is 0 Å². The van der Waals surface area contributed by atoms with Gasteiger partial charge in [0.2, 0.25) is 0 Å². The van der Waals surface area contributed by atoms with Gasteiger partial charge < -0.3 is 10.1 Å². The summed E-state index contributed by atoms with van der Waals surface area (Å²) in [6.45, 7) is 3.93. The van der Waals surface area contributed by atoms with Gasteiger partial charge in [-0.25, -0.2) is 0 Å². The van der Waals surface area contributed by atoms with Crippen molar-refractivity contribution in [1.82, 2.24) is 5.32 Å². The molecule has 120 valence electrons. The van der Waals surface area contributed by atoms with Crippen LogP contribution in [-0.4, -0.2) is 24.5 Å². The van der Waals surface area contributed by atoms with Crippen molar-refractivity contribution in [2.75, 3.05) is 6.61 Å². The minimum atomic E-state index is -0.360. The van der Waals surface area contributed by atoms with E-state index in [2.05, 4.69) is 12.2 Å². The molecular formula is C18H25NO3. The van der Waals surface area contributed by atoms with E-state index in [-0.39, 0.29) is 30.9 Å². The van der Waals surface area contributed by atoms with Gasteiger partial charge in [-0.1, -0.05) is 44.0 Å². The molecule has 1 fully saturated rings. The minimum absolute atomic E-state index is 0.187. The maximum atomic E-state index is 11.9. The van der Waals surface area contributed by atoms with E-state index < -0.39 is 0 Å². The first-order valence-corrected chi connectivity index (χ1v) is 8.05. The van der Waals surface area contributed by atoms with Gasteiger partial charge in [-0.15, -0.1) is 0 Å². The summed E-state index contributed by atoms with van der Waals surface area (Å²) in [6, 6.07) is 7.91. The molecule has 2 atom stereocenters. The second-order valence-corrected chi connectivity index (χ2v) is 6.20. The van der Waals surface area contributed by atoms with Gasteiger partial charge in [-0.3, -0.25) is 9.59 Å². The molecule has 0 aliphatic heterocycles. The van der Waals surface area contributed by atoms with E-state index >= 15 is 0 Å². The zero-order valence-electron chi connectivity index (χ0n) is 13.4. The molecule has 1 saturated carbocycles. The number of aryl methyl sites for hydroxylation is 1. The summed E-state index contributed by atoms with van der Waals surface area (Å²) in [5, 5.41) is 2.98. The SMILES string of the molecule is Cc1ccccc1CC(=O)OCC(=O)N[C@H]1CCCC[C@H]1C.